The van der Waals surface area contributed by atoms with E-state index in [2.05, 4.69) is 51.0 Å². The monoisotopic (exact) mass is 292 g/mol. The minimum atomic E-state index is 0.687. The van der Waals surface area contributed by atoms with Crippen LogP contribution in [0.3, 0.4) is 0 Å². The predicted molar refractivity (Wildman–Crippen MR) is 88.2 cm³/mol. The molecular formula is C15H28N6. The average Bonchev–Trinajstić information content (AvgIpc) is 2.53. The van der Waals surface area contributed by atoms with Gasteiger partial charge in [0.15, 0.2) is 0 Å². The van der Waals surface area contributed by atoms with Crippen LogP contribution in [-0.2, 0) is 0 Å². The number of hydrogen-bond donors (Lipinski definition) is 1. The zero-order chi connectivity index (χ0) is 15.1. The highest BCUT2D eigenvalue weighted by Crippen LogP contribution is 2.19. The Balaban J connectivity index is 2.20. The lowest BCUT2D eigenvalue weighted by atomic mass is 10.1. The Kier molecular flexibility index (Phi) is 6.02. The van der Waals surface area contributed by atoms with Gasteiger partial charge in [-0.2, -0.15) is 15.0 Å². The van der Waals surface area contributed by atoms with Crippen LogP contribution in [0.1, 0.15) is 46.0 Å². The molecule has 0 bridgehead atoms. The van der Waals surface area contributed by atoms with Crippen LogP contribution >= 0.6 is 0 Å². The molecule has 0 saturated carbocycles. The van der Waals surface area contributed by atoms with Crippen molar-refractivity contribution in [2.75, 3.05) is 48.3 Å². The average molecular weight is 292 g/mol. The zero-order valence-electron chi connectivity index (χ0n) is 13.6. The van der Waals surface area contributed by atoms with E-state index in [1.54, 1.807) is 0 Å². The molecule has 1 aliphatic heterocycles. The Morgan fingerprint density at radius 2 is 1.86 bits per heavy atom. The molecule has 6 nitrogen and oxygen atoms in total. The highest BCUT2D eigenvalue weighted by Gasteiger charge is 2.17. The number of aromatic nitrogens is 3. The Morgan fingerprint density at radius 3 is 2.52 bits per heavy atom. The van der Waals surface area contributed by atoms with Gasteiger partial charge in [0.1, 0.15) is 0 Å². The second-order valence-electron chi connectivity index (χ2n) is 5.61. The van der Waals surface area contributed by atoms with Gasteiger partial charge >= 0.3 is 0 Å². The van der Waals surface area contributed by atoms with Crippen LogP contribution in [0.4, 0.5) is 17.8 Å². The van der Waals surface area contributed by atoms with E-state index in [1.807, 2.05) is 0 Å². The molecule has 1 N–H and O–H groups in total. The molecular weight excluding hydrogens is 264 g/mol. The number of rotatable bonds is 7. The summed E-state index contributed by atoms with van der Waals surface area (Å²) in [7, 11) is 2.06. The van der Waals surface area contributed by atoms with Gasteiger partial charge in [0.2, 0.25) is 17.8 Å². The van der Waals surface area contributed by atoms with Gasteiger partial charge in [0.05, 0.1) is 0 Å². The largest absolute Gasteiger partial charge is 0.354 e. The number of anilines is 3. The van der Waals surface area contributed by atoms with E-state index in [-0.39, 0.29) is 0 Å². The van der Waals surface area contributed by atoms with E-state index in [4.69, 9.17) is 0 Å². The van der Waals surface area contributed by atoms with Crippen molar-refractivity contribution in [3.63, 3.8) is 0 Å². The van der Waals surface area contributed by atoms with Crippen molar-refractivity contribution in [2.45, 2.75) is 46.0 Å². The third-order valence-electron chi connectivity index (χ3n) is 3.77. The molecule has 1 fully saturated rings. The van der Waals surface area contributed by atoms with Crippen LogP contribution < -0.4 is 15.1 Å². The minimum Gasteiger partial charge on any atom is -0.354 e. The van der Waals surface area contributed by atoms with Crippen molar-refractivity contribution in [1.82, 2.24) is 15.0 Å². The summed E-state index contributed by atoms with van der Waals surface area (Å²) in [5.41, 5.74) is 0. The minimum absolute atomic E-state index is 0.687. The van der Waals surface area contributed by atoms with Crippen LogP contribution in [-0.4, -0.2) is 48.2 Å². The predicted octanol–water partition coefficient (Wildman–Crippen LogP) is 2.53. The SMILES string of the molecule is CCCCN(C)c1nc(NCC)nc(N2CCCCC2)n1. The lowest BCUT2D eigenvalue weighted by Gasteiger charge is -2.28. The molecule has 6 heteroatoms. The summed E-state index contributed by atoms with van der Waals surface area (Å²) < 4.78 is 0. The van der Waals surface area contributed by atoms with Crippen molar-refractivity contribution in [1.29, 1.82) is 0 Å². The first-order valence-corrected chi connectivity index (χ1v) is 8.20. The van der Waals surface area contributed by atoms with Crippen molar-refractivity contribution in [2.24, 2.45) is 0 Å². The topological polar surface area (TPSA) is 57.2 Å². The maximum absolute atomic E-state index is 4.68. The first kappa shape index (κ1) is 15.8. The Bertz CT molecular complexity index is 430. The molecule has 118 valence electrons. The van der Waals surface area contributed by atoms with Gasteiger partial charge in [0, 0.05) is 33.2 Å². The highest BCUT2D eigenvalue weighted by molar-refractivity contribution is 5.45. The summed E-state index contributed by atoms with van der Waals surface area (Å²) in [6.45, 7) is 8.16. The van der Waals surface area contributed by atoms with E-state index in [9.17, 15) is 0 Å². The molecule has 0 spiro atoms. The number of unbranched alkanes of at least 4 members (excludes halogenated alkanes) is 1. The fourth-order valence-electron chi connectivity index (χ4n) is 2.49. The summed E-state index contributed by atoms with van der Waals surface area (Å²) in [4.78, 5) is 18.2. The molecule has 0 aromatic carbocycles. The number of nitrogens with zero attached hydrogens (tertiary/aromatic N) is 5. The van der Waals surface area contributed by atoms with E-state index < -0.39 is 0 Å². The summed E-state index contributed by atoms with van der Waals surface area (Å²) in [6, 6.07) is 0. The zero-order valence-corrected chi connectivity index (χ0v) is 13.6. The molecule has 21 heavy (non-hydrogen) atoms. The smallest absolute Gasteiger partial charge is 0.231 e. The first-order chi connectivity index (χ1) is 10.2. The number of hydrogen-bond acceptors (Lipinski definition) is 6. The Hall–Kier alpha value is -1.59. The molecule has 0 unspecified atom stereocenters. The van der Waals surface area contributed by atoms with Gasteiger partial charge < -0.3 is 15.1 Å². The maximum Gasteiger partial charge on any atom is 0.231 e. The normalized spacial score (nSPS) is 15.1. The molecule has 1 aromatic rings. The molecule has 2 rings (SSSR count). The van der Waals surface area contributed by atoms with E-state index in [0.29, 0.717) is 5.95 Å². The standard InChI is InChI=1S/C15H28N6/c1-4-6-10-20(3)14-17-13(16-5-2)18-15(19-14)21-11-8-7-9-12-21/h4-12H2,1-3H3,(H,16,17,18,19). The van der Waals surface area contributed by atoms with Gasteiger partial charge in [-0.1, -0.05) is 13.3 Å². The Labute approximate surface area is 128 Å². The molecule has 1 aliphatic rings. The van der Waals surface area contributed by atoms with E-state index >= 15 is 0 Å². The second-order valence-corrected chi connectivity index (χ2v) is 5.61. The van der Waals surface area contributed by atoms with Crippen molar-refractivity contribution >= 4 is 17.8 Å². The van der Waals surface area contributed by atoms with Crippen LogP contribution in [0, 0.1) is 0 Å². The third kappa shape index (κ3) is 4.44. The van der Waals surface area contributed by atoms with Crippen LogP contribution in [0.15, 0.2) is 0 Å². The van der Waals surface area contributed by atoms with Gasteiger partial charge in [0.25, 0.3) is 0 Å². The molecule has 0 radical (unpaired) electrons. The molecule has 1 aromatic heterocycles. The molecule has 2 heterocycles. The van der Waals surface area contributed by atoms with Gasteiger partial charge in [-0.05, 0) is 32.6 Å². The fraction of sp³-hybridized carbons (Fsp3) is 0.800. The quantitative estimate of drug-likeness (QED) is 0.833. The summed E-state index contributed by atoms with van der Waals surface area (Å²) in [6.07, 6.45) is 6.09. The van der Waals surface area contributed by atoms with Crippen LogP contribution in [0.5, 0.6) is 0 Å². The summed E-state index contributed by atoms with van der Waals surface area (Å²) in [5, 5.41) is 3.22. The third-order valence-corrected chi connectivity index (χ3v) is 3.77. The molecule has 0 aliphatic carbocycles. The van der Waals surface area contributed by atoms with Gasteiger partial charge in [-0.25, -0.2) is 0 Å². The molecule has 0 atom stereocenters. The van der Waals surface area contributed by atoms with Crippen molar-refractivity contribution in [3.8, 4) is 0 Å². The molecule has 0 amide bonds. The van der Waals surface area contributed by atoms with Gasteiger partial charge in [-0.3, -0.25) is 0 Å². The second kappa shape index (κ2) is 8.00. The lowest BCUT2D eigenvalue weighted by molar-refractivity contribution is 0.567. The Morgan fingerprint density at radius 1 is 1.10 bits per heavy atom. The van der Waals surface area contributed by atoms with Crippen LogP contribution in [0.2, 0.25) is 0 Å². The number of nitrogens with one attached hydrogen (secondary N) is 1. The van der Waals surface area contributed by atoms with Crippen molar-refractivity contribution in [3.05, 3.63) is 0 Å². The first-order valence-electron chi connectivity index (χ1n) is 8.20. The molecule has 1 saturated heterocycles. The van der Waals surface area contributed by atoms with Crippen molar-refractivity contribution < 1.29 is 0 Å². The summed E-state index contributed by atoms with van der Waals surface area (Å²) in [5.74, 6) is 2.28. The fourth-order valence-corrected chi connectivity index (χ4v) is 2.49. The summed E-state index contributed by atoms with van der Waals surface area (Å²) >= 11 is 0. The van der Waals surface area contributed by atoms with Crippen LogP contribution in [0.25, 0.3) is 0 Å². The number of piperidine rings is 1. The lowest BCUT2D eigenvalue weighted by Crippen LogP contribution is -2.32. The van der Waals surface area contributed by atoms with E-state index in [1.165, 1.54) is 25.7 Å². The highest BCUT2D eigenvalue weighted by atomic mass is 15.4. The van der Waals surface area contributed by atoms with Gasteiger partial charge in [-0.15, -0.1) is 0 Å². The maximum atomic E-state index is 4.68. The van der Waals surface area contributed by atoms with E-state index in [0.717, 1.165) is 44.5 Å².